The number of aromatic nitrogens is 2. The zero-order chi connectivity index (χ0) is 26.2. The first-order valence-electron chi connectivity index (χ1n) is 12.1. The second-order valence-electron chi connectivity index (χ2n) is 9.81. The Bertz CT molecular complexity index is 1100. The largest absolute Gasteiger partial charge is 0.416 e. The van der Waals surface area contributed by atoms with Gasteiger partial charge < -0.3 is 20.2 Å². The summed E-state index contributed by atoms with van der Waals surface area (Å²) < 4.78 is 53.9. The molecule has 1 fully saturated rings. The fourth-order valence-corrected chi connectivity index (χ4v) is 4.98. The second-order valence-corrected chi connectivity index (χ2v) is 9.81. The van der Waals surface area contributed by atoms with E-state index in [1.807, 2.05) is 20.8 Å². The van der Waals surface area contributed by atoms with Crippen LogP contribution in [0.2, 0.25) is 0 Å². The van der Waals surface area contributed by atoms with E-state index in [9.17, 15) is 27.5 Å². The van der Waals surface area contributed by atoms with Gasteiger partial charge in [0.05, 0.1) is 23.3 Å². The summed E-state index contributed by atoms with van der Waals surface area (Å²) in [4.78, 5) is 25.9. The van der Waals surface area contributed by atoms with Gasteiger partial charge in [0.15, 0.2) is 0 Å². The highest BCUT2D eigenvalue weighted by Crippen LogP contribution is 2.43. The summed E-state index contributed by atoms with van der Waals surface area (Å²) in [7, 11) is 0. The van der Waals surface area contributed by atoms with Gasteiger partial charge in [-0.2, -0.15) is 13.2 Å². The molecule has 0 spiro atoms. The molecule has 0 radical (unpaired) electrons. The number of benzene rings is 1. The number of fused-ring (bicyclic) bond motifs is 1. The average molecular weight is 510 g/mol. The SMILES string of the molecule is CC(C)NC[C@@H](C(=O)N1CCN(c2ncnc3c2C(C)CC3O)CC1)c1ccc(C(F)(F)F)cc1F. The molecular weight excluding hydrogens is 478 g/mol. The molecule has 1 aliphatic carbocycles. The number of aliphatic hydroxyl groups excluding tert-OH is 1. The van der Waals surface area contributed by atoms with Crippen molar-refractivity contribution in [1.82, 2.24) is 20.2 Å². The number of carbonyl (C=O) groups is 1. The van der Waals surface area contributed by atoms with Gasteiger partial charge in [-0.05, 0) is 24.5 Å². The highest BCUT2D eigenvalue weighted by Gasteiger charge is 2.36. The van der Waals surface area contributed by atoms with Gasteiger partial charge >= 0.3 is 6.18 Å². The molecule has 1 aromatic carbocycles. The van der Waals surface area contributed by atoms with Crippen molar-refractivity contribution in [3.05, 3.63) is 52.7 Å². The Morgan fingerprint density at radius 2 is 1.89 bits per heavy atom. The van der Waals surface area contributed by atoms with Crippen LogP contribution >= 0.6 is 0 Å². The van der Waals surface area contributed by atoms with E-state index >= 15 is 0 Å². The van der Waals surface area contributed by atoms with E-state index in [1.54, 1.807) is 4.90 Å². The Morgan fingerprint density at radius 1 is 1.19 bits per heavy atom. The molecule has 4 rings (SSSR count). The number of nitrogens with zero attached hydrogens (tertiary/aromatic N) is 4. The molecule has 1 aromatic heterocycles. The quantitative estimate of drug-likeness (QED) is 0.580. The molecule has 7 nitrogen and oxygen atoms in total. The molecule has 1 saturated heterocycles. The second kappa shape index (κ2) is 10.3. The first-order chi connectivity index (χ1) is 17.0. The van der Waals surface area contributed by atoms with Gasteiger partial charge in [0.1, 0.15) is 18.0 Å². The third-order valence-electron chi connectivity index (χ3n) is 6.90. The maximum absolute atomic E-state index is 14.8. The smallest absolute Gasteiger partial charge is 0.387 e. The van der Waals surface area contributed by atoms with Crippen LogP contribution in [0.25, 0.3) is 0 Å². The third-order valence-corrected chi connectivity index (χ3v) is 6.90. The van der Waals surface area contributed by atoms with Crippen molar-refractivity contribution in [2.45, 2.75) is 57.3 Å². The molecule has 1 amide bonds. The van der Waals surface area contributed by atoms with Crippen LogP contribution in [0, 0.1) is 5.82 Å². The van der Waals surface area contributed by atoms with E-state index in [-0.39, 0.29) is 30.0 Å². The van der Waals surface area contributed by atoms with Gasteiger partial charge in [-0.25, -0.2) is 14.4 Å². The van der Waals surface area contributed by atoms with Gasteiger partial charge in [-0.3, -0.25) is 4.79 Å². The number of nitrogens with one attached hydrogen (secondary N) is 1. The summed E-state index contributed by atoms with van der Waals surface area (Å²) >= 11 is 0. The molecule has 2 aromatic rings. The monoisotopic (exact) mass is 509 g/mol. The lowest BCUT2D eigenvalue weighted by molar-refractivity contribution is -0.137. The molecule has 1 aliphatic heterocycles. The van der Waals surface area contributed by atoms with E-state index < -0.39 is 29.6 Å². The minimum atomic E-state index is -4.67. The summed E-state index contributed by atoms with van der Waals surface area (Å²) in [6, 6.07) is 2.34. The number of halogens is 4. The van der Waals surface area contributed by atoms with Crippen LogP contribution in [0.3, 0.4) is 0 Å². The van der Waals surface area contributed by atoms with Gasteiger partial charge in [0.2, 0.25) is 5.91 Å². The van der Waals surface area contributed by atoms with Crippen LogP contribution in [0.5, 0.6) is 0 Å². The van der Waals surface area contributed by atoms with Crippen molar-refractivity contribution in [1.29, 1.82) is 0 Å². The number of carbonyl (C=O) groups excluding carboxylic acids is 1. The van der Waals surface area contributed by atoms with E-state index in [0.29, 0.717) is 44.4 Å². The number of rotatable bonds is 6. The number of aliphatic hydroxyl groups is 1. The predicted octanol–water partition coefficient (Wildman–Crippen LogP) is 3.61. The van der Waals surface area contributed by atoms with E-state index in [4.69, 9.17) is 0 Å². The Morgan fingerprint density at radius 3 is 2.50 bits per heavy atom. The van der Waals surface area contributed by atoms with E-state index in [0.717, 1.165) is 23.5 Å². The molecule has 0 bridgehead atoms. The normalized spacial score (nSPS) is 21.1. The van der Waals surface area contributed by atoms with Crippen LogP contribution in [0.1, 0.15) is 67.5 Å². The van der Waals surface area contributed by atoms with Crippen LogP contribution in [-0.2, 0) is 11.0 Å². The summed E-state index contributed by atoms with van der Waals surface area (Å²) in [6.07, 6.45) is -3.26. The molecule has 2 N–H and O–H groups in total. The van der Waals surface area contributed by atoms with Crippen molar-refractivity contribution in [3.63, 3.8) is 0 Å². The van der Waals surface area contributed by atoms with Gasteiger partial charge in [-0.15, -0.1) is 0 Å². The number of alkyl halides is 3. The first-order valence-corrected chi connectivity index (χ1v) is 12.1. The van der Waals surface area contributed by atoms with E-state index in [2.05, 4.69) is 20.2 Å². The Kier molecular flexibility index (Phi) is 7.51. The maximum Gasteiger partial charge on any atom is 0.416 e. The zero-order valence-electron chi connectivity index (χ0n) is 20.5. The zero-order valence-corrected chi connectivity index (χ0v) is 20.5. The molecule has 11 heteroatoms. The maximum atomic E-state index is 14.8. The first kappa shape index (κ1) is 26.3. The molecular formula is C25H31F4N5O2. The molecule has 2 heterocycles. The molecule has 36 heavy (non-hydrogen) atoms. The summed E-state index contributed by atoms with van der Waals surface area (Å²) in [5, 5.41) is 13.4. The van der Waals surface area contributed by atoms with Crippen LogP contribution in [-0.4, -0.2) is 64.6 Å². The van der Waals surface area contributed by atoms with Gasteiger partial charge in [0, 0.05) is 49.9 Å². The number of hydrogen-bond acceptors (Lipinski definition) is 6. The predicted molar refractivity (Wildman–Crippen MR) is 126 cm³/mol. The number of piperazine rings is 1. The minimum Gasteiger partial charge on any atom is -0.387 e. The van der Waals surface area contributed by atoms with Crippen molar-refractivity contribution >= 4 is 11.7 Å². The minimum absolute atomic E-state index is 0.00635. The number of anilines is 1. The van der Waals surface area contributed by atoms with Gasteiger partial charge in [0.25, 0.3) is 0 Å². The van der Waals surface area contributed by atoms with Gasteiger partial charge in [-0.1, -0.05) is 26.8 Å². The van der Waals surface area contributed by atoms with Crippen LogP contribution < -0.4 is 10.2 Å². The average Bonchev–Trinajstić information content (AvgIpc) is 3.12. The highest BCUT2D eigenvalue weighted by atomic mass is 19.4. The molecule has 3 atom stereocenters. The number of amides is 1. The number of hydrogen-bond donors (Lipinski definition) is 2. The lowest BCUT2D eigenvalue weighted by atomic mass is 9.94. The Hall–Kier alpha value is -2.79. The van der Waals surface area contributed by atoms with Crippen molar-refractivity contribution in [2.24, 2.45) is 0 Å². The summed E-state index contributed by atoms with van der Waals surface area (Å²) in [6.45, 7) is 7.56. The molecule has 2 aliphatic rings. The van der Waals surface area contributed by atoms with E-state index in [1.165, 1.54) is 6.33 Å². The molecule has 196 valence electrons. The molecule has 0 saturated carbocycles. The van der Waals surface area contributed by atoms with Crippen molar-refractivity contribution in [2.75, 3.05) is 37.6 Å². The standard InChI is InChI=1S/C25H31F4N5O2/c1-14(2)30-12-18(17-5-4-16(11-19(17)26)25(27,28)29)24(36)34-8-6-33(7-9-34)23-21-15(3)10-20(35)22(21)31-13-32-23/h4-5,11,13-15,18,20,30,35H,6-10,12H2,1-3H3/t15?,18-,20?/m1/s1. The summed E-state index contributed by atoms with van der Waals surface area (Å²) in [5.41, 5.74) is 0.427. The fraction of sp³-hybridized carbons (Fsp3) is 0.560. The van der Waals surface area contributed by atoms with Crippen LogP contribution in [0.15, 0.2) is 24.5 Å². The van der Waals surface area contributed by atoms with Crippen molar-refractivity contribution in [3.8, 4) is 0 Å². The Balaban J connectivity index is 1.51. The highest BCUT2D eigenvalue weighted by molar-refractivity contribution is 5.84. The fourth-order valence-electron chi connectivity index (χ4n) is 4.98. The van der Waals surface area contributed by atoms with Crippen LogP contribution in [0.4, 0.5) is 23.4 Å². The summed E-state index contributed by atoms with van der Waals surface area (Å²) in [5.74, 6) is -1.47. The Labute approximate surface area is 207 Å². The topological polar surface area (TPSA) is 81.6 Å². The third kappa shape index (κ3) is 5.31. The lowest BCUT2D eigenvalue weighted by Gasteiger charge is -2.38. The lowest BCUT2D eigenvalue weighted by Crippen LogP contribution is -2.51. The van der Waals surface area contributed by atoms with Crippen molar-refractivity contribution < 1.29 is 27.5 Å². The molecule has 2 unspecified atom stereocenters.